The molecule has 0 amide bonds. The molecule has 3 heteroatoms. The lowest BCUT2D eigenvalue weighted by Crippen LogP contribution is -2.42. The minimum atomic E-state index is -0.0165. The standard InChI is InChI=1S/C21H27BrO2/c1-21-10-9-17-16-6-4-15(24-12-2-11-22)13-14(16)3-5-18(17)19(21)7-8-20(21)23/h4,6,13,17-19H,2-3,5,7-12H2,1H3/t17?,18?,19?,21-/m1/s1. The summed E-state index contributed by atoms with van der Waals surface area (Å²) < 4.78 is 5.87. The van der Waals surface area contributed by atoms with Crippen LogP contribution < -0.4 is 4.74 Å². The topological polar surface area (TPSA) is 26.3 Å². The molecule has 3 aliphatic carbocycles. The zero-order valence-electron chi connectivity index (χ0n) is 14.5. The van der Waals surface area contributed by atoms with Crippen LogP contribution in [0.15, 0.2) is 18.2 Å². The molecule has 24 heavy (non-hydrogen) atoms. The summed E-state index contributed by atoms with van der Waals surface area (Å²) in [6, 6.07) is 6.74. The molecule has 3 unspecified atom stereocenters. The highest BCUT2D eigenvalue weighted by molar-refractivity contribution is 9.09. The molecule has 0 bridgehead atoms. The van der Waals surface area contributed by atoms with Crippen LogP contribution >= 0.6 is 15.9 Å². The zero-order valence-corrected chi connectivity index (χ0v) is 16.1. The van der Waals surface area contributed by atoms with Gasteiger partial charge in [-0.1, -0.05) is 28.9 Å². The van der Waals surface area contributed by atoms with Crippen molar-refractivity contribution in [3.8, 4) is 5.75 Å². The summed E-state index contributed by atoms with van der Waals surface area (Å²) in [6.07, 6.45) is 7.64. The number of hydrogen-bond donors (Lipinski definition) is 0. The van der Waals surface area contributed by atoms with E-state index in [9.17, 15) is 4.79 Å². The lowest BCUT2D eigenvalue weighted by molar-refractivity contribution is -0.129. The predicted octanol–water partition coefficient (Wildman–Crippen LogP) is 5.28. The van der Waals surface area contributed by atoms with Gasteiger partial charge in [0.2, 0.25) is 0 Å². The molecule has 1 aromatic carbocycles. The van der Waals surface area contributed by atoms with Crippen molar-refractivity contribution >= 4 is 21.7 Å². The smallest absolute Gasteiger partial charge is 0.139 e. The lowest BCUT2D eigenvalue weighted by atomic mass is 9.55. The van der Waals surface area contributed by atoms with Crippen LogP contribution in [-0.4, -0.2) is 17.7 Å². The zero-order chi connectivity index (χ0) is 16.7. The maximum absolute atomic E-state index is 12.4. The normalized spacial score (nSPS) is 34.4. The summed E-state index contributed by atoms with van der Waals surface area (Å²) in [5.74, 6) is 3.54. The van der Waals surface area contributed by atoms with Gasteiger partial charge in [0.05, 0.1) is 6.61 Å². The Balaban J connectivity index is 1.56. The lowest BCUT2D eigenvalue weighted by Gasteiger charge is -2.48. The van der Waals surface area contributed by atoms with Crippen molar-refractivity contribution in [2.75, 3.05) is 11.9 Å². The molecular formula is C21H27BrO2. The molecule has 3 aliphatic rings. The van der Waals surface area contributed by atoms with Crippen molar-refractivity contribution in [3.63, 3.8) is 0 Å². The Kier molecular flexibility index (Phi) is 4.49. The second-order valence-electron chi connectivity index (χ2n) is 8.09. The molecule has 2 fully saturated rings. The number of ether oxygens (including phenoxy) is 1. The first-order valence-electron chi connectivity index (χ1n) is 9.48. The molecule has 4 atom stereocenters. The van der Waals surface area contributed by atoms with Crippen LogP contribution in [0.1, 0.15) is 62.5 Å². The molecule has 1 aromatic rings. The van der Waals surface area contributed by atoms with E-state index in [1.54, 1.807) is 5.56 Å². The van der Waals surface area contributed by atoms with Crippen molar-refractivity contribution in [3.05, 3.63) is 29.3 Å². The minimum Gasteiger partial charge on any atom is -0.494 e. The molecule has 0 radical (unpaired) electrons. The van der Waals surface area contributed by atoms with Crippen molar-refractivity contribution < 1.29 is 9.53 Å². The van der Waals surface area contributed by atoms with E-state index in [1.807, 2.05) is 0 Å². The molecule has 0 heterocycles. The van der Waals surface area contributed by atoms with E-state index in [4.69, 9.17) is 4.74 Å². The number of ketones is 1. The molecular weight excluding hydrogens is 364 g/mol. The Hall–Kier alpha value is -0.830. The van der Waals surface area contributed by atoms with Crippen LogP contribution in [0.3, 0.4) is 0 Å². The fourth-order valence-electron chi connectivity index (χ4n) is 5.66. The highest BCUT2D eigenvalue weighted by Crippen LogP contribution is 2.59. The van der Waals surface area contributed by atoms with Gasteiger partial charge < -0.3 is 4.74 Å². The molecule has 2 saturated carbocycles. The minimum absolute atomic E-state index is 0.0165. The van der Waals surface area contributed by atoms with E-state index in [-0.39, 0.29) is 5.41 Å². The third-order valence-electron chi connectivity index (χ3n) is 6.95. The van der Waals surface area contributed by atoms with E-state index >= 15 is 0 Å². The number of carbonyl (C=O) groups is 1. The highest BCUT2D eigenvalue weighted by Gasteiger charge is 2.54. The molecule has 0 aliphatic heterocycles. The van der Waals surface area contributed by atoms with Crippen LogP contribution in [0.25, 0.3) is 0 Å². The van der Waals surface area contributed by atoms with Crippen molar-refractivity contribution in [2.45, 2.75) is 57.8 Å². The maximum atomic E-state index is 12.4. The largest absolute Gasteiger partial charge is 0.494 e. The third-order valence-corrected chi connectivity index (χ3v) is 7.51. The number of hydrogen-bond acceptors (Lipinski definition) is 2. The summed E-state index contributed by atoms with van der Waals surface area (Å²) in [4.78, 5) is 12.4. The van der Waals surface area contributed by atoms with Crippen molar-refractivity contribution in [1.29, 1.82) is 0 Å². The molecule has 4 rings (SSSR count). The van der Waals surface area contributed by atoms with Gasteiger partial charge in [0.25, 0.3) is 0 Å². The molecule has 2 nitrogen and oxygen atoms in total. The molecule has 130 valence electrons. The first-order valence-corrected chi connectivity index (χ1v) is 10.6. The number of rotatable bonds is 4. The van der Waals surface area contributed by atoms with Gasteiger partial charge in [-0.15, -0.1) is 0 Å². The quantitative estimate of drug-likeness (QED) is 0.516. The first kappa shape index (κ1) is 16.6. The highest BCUT2D eigenvalue weighted by atomic mass is 79.9. The average Bonchev–Trinajstić information content (AvgIpc) is 2.90. The molecule has 0 saturated heterocycles. The molecule has 0 N–H and O–H groups in total. The van der Waals surface area contributed by atoms with Gasteiger partial charge in [-0.2, -0.15) is 0 Å². The SMILES string of the molecule is C[C@@]12CCC3c4ccc(OCCCBr)cc4CCC3C1CCC2=O. The number of alkyl halides is 1. The summed E-state index contributed by atoms with van der Waals surface area (Å²) in [5, 5.41) is 0.987. The number of benzene rings is 1. The second-order valence-corrected chi connectivity index (χ2v) is 8.88. The van der Waals surface area contributed by atoms with E-state index in [0.717, 1.165) is 49.8 Å². The molecule has 0 aromatic heterocycles. The van der Waals surface area contributed by atoms with Crippen molar-refractivity contribution in [1.82, 2.24) is 0 Å². The average molecular weight is 391 g/mol. The Morgan fingerprint density at radius 1 is 1.25 bits per heavy atom. The van der Waals surface area contributed by atoms with Gasteiger partial charge in [0.1, 0.15) is 11.5 Å². The van der Waals surface area contributed by atoms with Crippen LogP contribution in [0.4, 0.5) is 0 Å². The Labute approximate surface area is 153 Å². The Morgan fingerprint density at radius 2 is 2.12 bits per heavy atom. The van der Waals surface area contributed by atoms with Crippen LogP contribution in [0.2, 0.25) is 0 Å². The fraction of sp³-hybridized carbons (Fsp3) is 0.667. The van der Waals surface area contributed by atoms with Gasteiger partial charge in [0.15, 0.2) is 0 Å². The van der Waals surface area contributed by atoms with E-state index in [1.165, 1.54) is 18.4 Å². The Morgan fingerprint density at radius 3 is 2.96 bits per heavy atom. The van der Waals surface area contributed by atoms with Gasteiger partial charge in [0, 0.05) is 17.2 Å². The van der Waals surface area contributed by atoms with E-state index < -0.39 is 0 Å². The fourth-order valence-corrected chi connectivity index (χ4v) is 5.89. The number of fused-ring (bicyclic) bond motifs is 5. The second kappa shape index (κ2) is 6.48. The summed E-state index contributed by atoms with van der Waals surface area (Å²) in [6.45, 7) is 3.03. The molecule has 0 spiro atoms. The number of halogens is 1. The predicted molar refractivity (Wildman–Crippen MR) is 100.0 cm³/mol. The van der Waals surface area contributed by atoms with Gasteiger partial charge in [-0.3, -0.25) is 4.79 Å². The summed E-state index contributed by atoms with van der Waals surface area (Å²) in [7, 11) is 0. The van der Waals surface area contributed by atoms with E-state index in [2.05, 4.69) is 41.1 Å². The van der Waals surface area contributed by atoms with Crippen LogP contribution in [-0.2, 0) is 11.2 Å². The number of aryl methyl sites for hydroxylation is 1. The summed E-state index contributed by atoms with van der Waals surface area (Å²) in [5.41, 5.74) is 3.01. The first-order chi connectivity index (χ1) is 11.6. The van der Waals surface area contributed by atoms with Gasteiger partial charge in [-0.05, 0) is 79.5 Å². The maximum Gasteiger partial charge on any atom is 0.139 e. The van der Waals surface area contributed by atoms with Gasteiger partial charge >= 0.3 is 0 Å². The van der Waals surface area contributed by atoms with Crippen LogP contribution in [0.5, 0.6) is 5.75 Å². The van der Waals surface area contributed by atoms with E-state index in [0.29, 0.717) is 23.5 Å². The Bertz CT molecular complexity index is 641. The van der Waals surface area contributed by atoms with Gasteiger partial charge in [-0.25, -0.2) is 0 Å². The van der Waals surface area contributed by atoms with Crippen LogP contribution in [0, 0.1) is 17.3 Å². The number of Topliss-reactive ketones (excluding diaryl/α,β-unsaturated/α-hetero) is 1. The number of carbonyl (C=O) groups excluding carboxylic acids is 1. The summed E-state index contributed by atoms with van der Waals surface area (Å²) >= 11 is 3.45. The monoisotopic (exact) mass is 390 g/mol. The van der Waals surface area contributed by atoms with Crippen molar-refractivity contribution in [2.24, 2.45) is 17.3 Å². The third kappa shape index (κ3) is 2.64.